The van der Waals surface area contributed by atoms with Crippen molar-refractivity contribution in [2.75, 3.05) is 59.7 Å². The summed E-state index contributed by atoms with van der Waals surface area (Å²) in [4.78, 5) is 16.3. The molecule has 1 unspecified atom stereocenters. The summed E-state index contributed by atoms with van der Waals surface area (Å²) >= 11 is 5.95. The van der Waals surface area contributed by atoms with Gasteiger partial charge in [0.2, 0.25) is 5.91 Å². The molecule has 9 heteroatoms. The molecule has 2 fully saturated rings. The van der Waals surface area contributed by atoms with Crippen molar-refractivity contribution >= 4 is 17.5 Å². The van der Waals surface area contributed by atoms with Crippen molar-refractivity contribution in [3.05, 3.63) is 53.1 Å². The van der Waals surface area contributed by atoms with Crippen molar-refractivity contribution in [3.8, 4) is 17.2 Å². The molecule has 2 aromatic rings. The predicted octanol–water partition coefficient (Wildman–Crippen LogP) is 4.16. The van der Waals surface area contributed by atoms with Crippen molar-refractivity contribution in [2.45, 2.75) is 44.2 Å². The Morgan fingerprint density at radius 3 is 2.71 bits per heavy atom. The molecule has 2 heterocycles. The van der Waals surface area contributed by atoms with Crippen molar-refractivity contribution < 1.29 is 28.8 Å². The summed E-state index contributed by atoms with van der Waals surface area (Å²) in [5, 5.41) is 11.9. The van der Waals surface area contributed by atoms with Crippen LogP contribution in [0.15, 0.2) is 42.5 Å². The molecule has 0 aromatic heterocycles. The maximum atomic E-state index is 12.2. The van der Waals surface area contributed by atoms with Crippen molar-refractivity contribution in [1.29, 1.82) is 0 Å². The van der Waals surface area contributed by atoms with Crippen molar-refractivity contribution in [3.63, 3.8) is 0 Å². The summed E-state index contributed by atoms with van der Waals surface area (Å²) in [5.41, 5.74) is -0.0925. The Labute approximate surface area is 230 Å². The summed E-state index contributed by atoms with van der Waals surface area (Å²) in [6, 6.07) is 13.0. The summed E-state index contributed by atoms with van der Waals surface area (Å²) in [5.74, 6) is 2.26. The number of aliphatic hydroxyl groups is 1. The highest BCUT2D eigenvalue weighted by Gasteiger charge is 2.33. The molecule has 0 aliphatic carbocycles. The number of nitrogens with zero attached hydrogens (tertiary/aromatic N) is 2. The molecule has 0 saturated carbocycles. The Balaban J connectivity index is 1.29. The van der Waals surface area contributed by atoms with E-state index in [0.717, 1.165) is 44.3 Å². The van der Waals surface area contributed by atoms with Gasteiger partial charge >= 0.3 is 0 Å². The summed E-state index contributed by atoms with van der Waals surface area (Å²) in [6.07, 6.45) is 4.64. The summed E-state index contributed by atoms with van der Waals surface area (Å²) in [7, 11) is 1.63. The number of benzene rings is 2. The van der Waals surface area contributed by atoms with Crippen molar-refractivity contribution in [2.24, 2.45) is 0 Å². The van der Waals surface area contributed by atoms with E-state index in [0.29, 0.717) is 61.5 Å². The Hall–Kier alpha value is -2.52. The molecule has 38 heavy (non-hydrogen) atoms. The largest absolute Gasteiger partial charge is 0.493 e. The lowest BCUT2D eigenvalue weighted by Crippen LogP contribution is -2.48. The molecule has 0 spiro atoms. The van der Waals surface area contributed by atoms with Gasteiger partial charge in [0, 0.05) is 44.2 Å². The number of amides is 1. The van der Waals surface area contributed by atoms with Gasteiger partial charge in [0.1, 0.15) is 18.0 Å². The minimum absolute atomic E-state index is 0.115. The van der Waals surface area contributed by atoms with Crippen LogP contribution >= 0.6 is 11.6 Å². The maximum Gasteiger partial charge on any atom is 0.222 e. The van der Waals surface area contributed by atoms with E-state index in [-0.39, 0.29) is 19.1 Å². The fourth-order valence-corrected chi connectivity index (χ4v) is 4.99. The quantitative estimate of drug-likeness (QED) is 0.424. The maximum absolute atomic E-state index is 12.2. The fourth-order valence-electron chi connectivity index (χ4n) is 4.87. The average Bonchev–Trinajstić information content (AvgIpc) is 3.24. The number of β-amino-alcohol motifs (C(OH)–C–C–N with tert-alkyl or cyclic N) is 1. The molecule has 1 amide bonds. The van der Waals surface area contributed by atoms with Gasteiger partial charge in [-0.15, -0.1) is 0 Å². The molecule has 2 aliphatic heterocycles. The number of carbonyl (C=O) groups excluding carboxylic acids is 1. The van der Waals surface area contributed by atoms with Gasteiger partial charge < -0.3 is 29.0 Å². The topological polar surface area (TPSA) is 80.7 Å². The molecule has 2 aromatic carbocycles. The number of hydrogen-bond donors (Lipinski definition) is 1. The lowest BCUT2D eigenvalue weighted by Gasteiger charge is -2.30. The van der Waals surface area contributed by atoms with E-state index in [1.165, 1.54) is 0 Å². The smallest absolute Gasteiger partial charge is 0.222 e. The zero-order valence-corrected chi connectivity index (χ0v) is 23.0. The Morgan fingerprint density at radius 2 is 1.89 bits per heavy atom. The number of carbonyl (C=O) groups is 1. The van der Waals surface area contributed by atoms with Gasteiger partial charge in [-0.3, -0.25) is 9.69 Å². The summed E-state index contributed by atoms with van der Waals surface area (Å²) in [6.45, 7) is 4.67. The standard InChI is InChI=1S/C29H39ClN2O6/c1-35-27-18-23(7-12-26(27)37-16-5-14-32-13-4-2-3-6-28(32)33)19-31-15-17-36-21-29(34,20-31)22-38-25-10-8-24(30)9-11-25/h7-12,18,34H,2-6,13-17,19-22H2,1H3. The zero-order valence-electron chi connectivity index (χ0n) is 22.2. The zero-order chi connectivity index (χ0) is 26.8. The molecular formula is C29H39ClN2O6. The van der Waals surface area contributed by atoms with E-state index < -0.39 is 5.60 Å². The second-order valence-electron chi connectivity index (χ2n) is 10.1. The normalized spacial score (nSPS) is 21.0. The van der Waals surface area contributed by atoms with Crippen LogP contribution in [-0.2, 0) is 16.1 Å². The van der Waals surface area contributed by atoms with Gasteiger partial charge in [-0.05, 0) is 61.2 Å². The molecular weight excluding hydrogens is 508 g/mol. The van der Waals surface area contributed by atoms with E-state index in [1.807, 2.05) is 23.1 Å². The average molecular weight is 547 g/mol. The second-order valence-corrected chi connectivity index (χ2v) is 10.5. The number of methoxy groups -OCH3 is 1. The first-order valence-corrected chi connectivity index (χ1v) is 13.8. The number of hydrogen-bond acceptors (Lipinski definition) is 7. The number of rotatable bonds is 11. The Morgan fingerprint density at radius 1 is 1.05 bits per heavy atom. The van der Waals surface area contributed by atoms with Crippen LogP contribution in [-0.4, -0.2) is 86.1 Å². The molecule has 0 radical (unpaired) electrons. The lowest BCUT2D eigenvalue weighted by molar-refractivity contribution is -0.130. The van der Waals surface area contributed by atoms with Gasteiger partial charge in [-0.1, -0.05) is 24.1 Å². The van der Waals surface area contributed by atoms with Gasteiger partial charge in [0.05, 0.1) is 26.9 Å². The first-order valence-electron chi connectivity index (χ1n) is 13.4. The van der Waals surface area contributed by atoms with Gasteiger partial charge in [-0.2, -0.15) is 0 Å². The highest BCUT2D eigenvalue weighted by molar-refractivity contribution is 6.30. The predicted molar refractivity (Wildman–Crippen MR) is 146 cm³/mol. The van der Waals surface area contributed by atoms with Crippen LogP contribution in [0.25, 0.3) is 0 Å². The number of halogens is 1. The minimum Gasteiger partial charge on any atom is -0.493 e. The van der Waals surface area contributed by atoms with Crippen LogP contribution in [0.3, 0.4) is 0 Å². The third-order valence-corrected chi connectivity index (χ3v) is 7.15. The molecule has 2 aliphatic rings. The third-order valence-electron chi connectivity index (χ3n) is 6.90. The minimum atomic E-state index is -1.14. The van der Waals surface area contributed by atoms with E-state index in [1.54, 1.807) is 31.4 Å². The molecule has 2 saturated heterocycles. The van der Waals surface area contributed by atoms with Crippen LogP contribution < -0.4 is 14.2 Å². The van der Waals surface area contributed by atoms with Gasteiger partial charge in [-0.25, -0.2) is 0 Å². The molecule has 8 nitrogen and oxygen atoms in total. The monoisotopic (exact) mass is 546 g/mol. The molecule has 0 bridgehead atoms. The highest BCUT2D eigenvalue weighted by atomic mass is 35.5. The SMILES string of the molecule is COc1cc(CN2CCOCC(O)(COc3ccc(Cl)cc3)C2)ccc1OCCCN1CCCCCC1=O. The number of ether oxygens (including phenoxy) is 4. The fraction of sp³-hybridized carbons (Fsp3) is 0.552. The molecule has 1 atom stereocenters. The van der Waals surface area contributed by atoms with E-state index >= 15 is 0 Å². The van der Waals surface area contributed by atoms with Crippen LogP contribution in [0.4, 0.5) is 0 Å². The van der Waals surface area contributed by atoms with Crippen LogP contribution in [0, 0.1) is 0 Å². The van der Waals surface area contributed by atoms with Crippen LogP contribution in [0.1, 0.15) is 37.7 Å². The Kier molecular flexibility index (Phi) is 10.5. The third kappa shape index (κ3) is 8.50. The van der Waals surface area contributed by atoms with Crippen LogP contribution in [0.5, 0.6) is 17.2 Å². The van der Waals surface area contributed by atoms with E-state index in [2.05, 4.69) is 4.90 Å². The van der Waals surface area contributed by atoms with E-state index in [4.69, 9.17) is 30.5 Å². The van der Waals surface area contributed by atoms with Crippen LogP contribution in [0.2, 0.25) is 5.02 Å². The first kappa shape index (κ1) is 28.5. The second kappa shape index (κ2) is 14.0. The lowest BCUT2D eigenvalue weighted by atomic mass is 10.1. The van der Waals surface area contributed by atoms with Gasteiger partial charge in [0.25, 0.3) is 0 Å². The molecule has 208 valence electrons. The number of likely N-dealkylation sites (tertiary alicyclic amines) is 1. The molecule has 4 rings (SSSR count). The first-order chi connectivity index (χ1) is 18.4. The van der Waals surface area contributed by atoms with E-state index in [9.17, 15) is 9.90 Å². The highest BCUT2D eigenvalue weighted by Crippen LogP contribution is 2.29. The van der Waals surface area contributed by atoms with Gasteiger partial charge in [0.15, 0.2) is 11.5 Å². The Bertz CT molecular complexity index is 1040. The summed E-state index contributed by atoms with van der Waals surface area (Å²) < 4.78 is 23.1. The van der Waals surface area contributed by atoms with Crippen molar-refractivity contribution in [1.82, 2.24) is 9.80 Å². The molecule has 1 N–H and O–H groups in total.